The molecule has 1 fully saturated rings. The number of rotatable bonds is 4. The minimum absolute atomic E-state index is 0.0150. The molecule has 1 saturated heterocycles. The fraction of sp³-hybridized carbons (Fsp3) is 0.400. The summed E-state index contributed by atoms with van der Waals surface area (Å²) in [6, 6.07) is 10.1. The minimum Gasteiger partial charge on any atom is -0.354 e. The van der Waals surface area contributed by atoms with Crippen LogP contribution < -0.4 is 10.6 Å². The molecule has 160 valence electrons. The Morgan fingerprint density at radius 1 is 1.30 bits per heavy atom. The monoisotopic (exact) mass is 467 g/mol. The highest BCUT2D eigenvalue weighted by atomic mass is 35.5. The van der Waals surface area contributed by atoms with Crippen molar-refractivity contribution in [3.8, 4) is 0 Å². The van der Waals surface area contributed by atoms with Gasteiger partial charge < -0.3 is 10.6 Å². The molecule has 10 heteroatoms. The van der Waals surface area contributed by atoms with Crippen molar-refractivity contribution in [3.05, 3.63) is 51.9 Å². The van der Waals surface area contributed by atoms with Gasteiger partial charge in [0.15, 0.2) is 0 Å². The molecule has 4 rings (SSSR count). The number of thiophene rings is 1. The molecule has 2 aliphatic heterocycles. The number of carbonyl (C=O) groups excluding carboxylic acids is 2. The van der Waals surface area contributed by atoms with Gasteiger partial charge in [0.25, 0.3) is 15.9 Å². The molecule has 0 radical (unpaired) electrons. The van der Waals surface area contributed by atoms with Crippen LogP contribution in [0.4, 0.5) is 0 Å². The summed E-state index contributed by atoms with van der Waals surface area (Å²) in [5.74, 6) is -1.29. The van der Waals surface area contributed by atoms with Gasteiger partial charge in [-0.3, -0.25) is 9.59 Å². The molecule has 30 heavy (non-hydrogen) atoms. The third kappa shape index (κ3) is 3.64. The van der Waals surface area contributed by atoms with Crippen LogP contribution in [-0.2, 0) is 21.2 Å². The first-order valence-electron chi connectivity index (χ1n) is 9.59. The molecule has 2 N–H and O–H groups in total. The van der Waals surface area contributed by atoms with Gasteiger partial charge in [0.1, 0.15) is 4.21 Å². The molecule has 0 saturated carbocycles. The first-order chi connectivity index (χ1) is 14.1. The molecule has 7 nitrogen and oxygen atoms in total. The predicted octanol–water partition coefficient (Wildman–Crippen LogP) is 2.27. The Hall–Kier alpha value is -1.94. The summed E-state index contributed by atoms with van der Waals surface area (Å²) in [5.41, 5.74) is 0.345. The molecular formula is C20H22ClN3O4S2. The molecule has 1 spiro atoms. The normalized spacial score (nSPS) is 24.1. The maximum Gasteiger partial charge on any atom is 0.252 e. The van der Waals surface area contributed by atoms with E-state index in [1.165, 1.54) is 16.4 Å². The Morgan fingerprint density at radius 3 is 2.70 bits per heavy atom. The second-order valence-electron chi connectivity index (χ2n) is 8.02. The Morgan fingerprint density at radius 2 is 2.03 bits per heavy atom. The maximum absolute atomic E-state index is 13.2. The average molecular weight is 468 g/mol. The number of fused-ring (bicyclic) bond motifs is 1. The van der Waals surface area contributed by atoms with Gasteiger partial charge in [-0.1, -0.05) is 29.8 Å². The molecule has 0 bridgehead atoms. The zero-order valence-corrected chi connectivity index (χ0v) is 18.9. The highest BCUT2D eigenvalue weighted by Gasteiger charge is 2.56. The number of halogens is 1. The highest BCUT2D eigenvalue weighted by molar-refractivity contribution is 7.91. The second kappa shape index (κ2) is 7.64. The summed E-state index contributed by atoms with van der Waals surface area (Å²) in [7, 11) is -3.85. The summed E-state index contributed by atoms with van der Waals surface area (Å²) in [6.07, 6.45) is 0.377. The fourth-order valence-electron chi connectivity index (χ4n) is 4.21. The van der Waals surface area contributed by atoms with Gasteiger partial charge in [-0.05, 0) is 44.0 Å². The van der Waals surface area contributed by atoms with E-state index in [-0.39, 0.29) is 35.2 Å². The standard InChI is InChI=1S/C20H22ClN3O4S2/c1-12(2)22-19(26)15-10-24(30(27,28)17-8-7-16(21)29-17)11-20(15)9-13-5-3-4-6-14(13)18(25)23-20/h3-8,12,15H,9-11H2,1-2H3,(H,22,26)(H,23,25). The van der Waals surface area contributed by atoms with E-state index in [9.17, 15) is 18.0 Å². The van der Waals surface area contributed by atoms with Crippen LogP contribution in [0.2, 0.25) is 4.34 Å². The van der Waals surface area contributed by atoms with Gasteiger partial charge in [-0.2, -0.15) is 4.31 Å². The number of hydrogen-bond acceptors (Lipinski definition) is 5. The Bertz CT molecular complexity index is 1110. The van der Waals surface area contributed by atoms with E-state index in [0.29, 0.717) is 16.3 Å². The molecule has 2 amide bonds. The number of hydrogen-bond donors (Lipinski definition) is 2. The van der Waals surface area contributed by atoms with Gasteiger partial charge in [-0.25, -0.2) is 8.42 Å². The van der Waals surface area contributed by atoms with Gasteiger partial charge in [-0.15, -0.1) is 11.3 Å². The summed E-state index contributed by atoms with van der Waals surface area (Å²) < 4.78 is 28.2. The number of nitrogens with zero attached hydrogens (tertiary/aromatic N) is 1. The van der Waals surface area contributed by atoms with Crippen molar-refractivity contribution in [1.29, 1.82) is 0 Å². The first-order valence-corrected chi connectivity index (χ1v) is 12.2. The van der Waals surface area contributed by atoms with E-state index in [0.717, 1.165) is 16.9 Å². The molecule has 2 atom stereocenters. The van der Waals surface area contributed by atoms with E-state index >= 15 is 0 Å². The SMILES string of the molecule is CC(C)NC(=O)C1CN(S(=O)(=O)c2ccc(Cl)s2)CC12Cc1ccccc1C(=O)N2. The third-order valence-corrected chi connectivity index (χ3v) is 9.04. The van der Waals surface area contributed by atoms with E-state index < -0.39 is 21.5 Å². The van der Waals surface area contributed by atoms with Crippen LogP contribution >= 0.6 is 22.9 Å². The Balaban J connectivity index is 1.74. The van der Waals surface area contributed by atoms with Crippen molar-refractivity contribution < 1.29 is 18.0 Å². The second-order valence-corrected chi connectivity index (χ2v) is 11.9. The highest BCUT2D eigenvalue weighted by Crippen LogP contribution is 2.39. The van der Waals surface area contributed by atoms with Crippen LogP contribution in [0, 0.1) is 5.92 Å². The zero-order valence-electron chi connectivity index (χ0n) is 16.5. The first kappa shape index (κ1) is 21.3. The van der Waals surface area contributed by atoms with Crippen LogP contribution in [0.15, 0.2) is 40.6 Å². The van der Waals surface area contributed by atoms with Gasteiger partial charge >= 0.3 is 0 Å². The summed E-state index contributed by atoms with van der Waals surface area (Å²) in [6.45, 7) is 3.69. The molecule has 2 aliphatic rings. The zero-order chi connectivity index (χ0) is 21.7. The van der Waals surface area contributed by atoms with E-state index in [1.807, 2.05) is 26.0 Å². The van der Waals surface area contributed by atoms with Crippen LogP contribution in [-0.4, -0.2) is 49.2 Å². The van der Waals surface area contributed by atoms with Crippen molar-refractivity contribution in [2.24, 2.45) is 5.92 Å². The summed E-state index contributed by atoms with van der Waals surface area (Å²) in [4.78, 5) is 25.9. The lowest BCUT2D eigenvalue weighted by Crippen LogP contribution is -2.62. The number of nitrogens with one attached hydrogen (secondary N) is 2. The molecule has 1 aromatic heterocycles. The summed E-state index contributed by atoms with van der Waals surface area (Å²) >= 11 is 6.92. The quantitative estimate of drug-likeness (QED) is 0.721. The van der Waals surface area contributed by atoms with E-state index in [4.69, 9.17) is 11.6 Å². The average Bonchev–Trinajstić information content (AvgIpc) is 3.26. The summed E-state index contributed by atoms with van der Waals surface area (Å²) in [5, 5.41) is 5.86. The number of amides is 2. The van der Waals surface area contributed by atoms with Crippen molar-refractivity contribution >= 4 is 44.8 Å². The van der Waals surface area contributed by atoms with E-state index in [1.54, 1.807) is 12.1 Å². The predicted molar refractivity (Wildman–Crippen MR) is 115 cm³/mol. The topological polar surface area (TPSA) is 95.6 Å². The van der Waals surface area contributed by atoms with Crippen LogP contribution in [0.5, 0.6) is 0 Å². The van der Waals surface area contributed by atoms with E-state index in [2.05, 4.69) is 10.6 Å². The Kier molecular flexibility index (Phi) is 5.42. The minimum atomic E-state index is -3.85. The molecule has 0 aliphatic carbocycles. The van der Waals surface area contributed by atoms with Crippen molar-refractivity contribution in [2.75, 3.05) is 13.1 Å². The molecule has 3 heterocycles. The smallest absolute Gasteiger partial charge is 0.252 e. The van der Waals surface area contributed by atoms with Crippen molar-refractivity contribution in [3.63, 3.8) is 0 Å². The molecular weight excluding hydrogens is 446 g/mol. The van der Waals surface area contributed by atoms with Gasteiger partial charge in [0.2, 0.25) is 5.91 Å². The number of carbonyl (C=O) groups is 2. The third-order valence-electron chi connectivity index (χ3n) is 5.53. The van der Waals surface area contributed by atoms with Crippen molar-refractivity contribution in [1.82, 2.24) is 14.9 Å². The number of benzene rings is 1. The van der Waals surface area contributed by atoms with Crippen LogP contribution in [0.3, 0.4) is 0 Å². The van der Waals surface area contributed by atoms with Gasteiger partial charge in [0.05, 0.1) is 15.8 Å². The maximum atomic E-state index is 13.2. The van der Waals surface area contributed by atoms with Crippen LogP contribution in [0.25, 0.3) is 0 Å². The lowest BCUT2D eigenvalue weighted by molar-refractivity contribution is -0.126. The lowest BCUT2D eigenvalue weighted by atomic mass is 9.77. The lowest BCUT2D eigenvalue weighted by Gasteiger charge is -2.39. The molecule has 2 unspecified atom stereocenters. The molecule has 1 aromatic carbocycles. The van der Waals surface area contributed by atoms with Crippen molar-refractivity contribution in [2.45, 2.75) is 36.1 Å². The number of sulfonamides is 1. The van der Waals surface area contributed by atoms with Gasteiger partial charge in [0, 0.05) is 24.7 Å². The Labute approximate surface area is 184 Å². The molecule has 2 aromatic rings. The van der Waals surface area contributed by atoms with Crippen LogP contribution in [0.1, 0.15) is 29.8 Å². The fourth-order valence-corrected chi connectivity index (χ4v) is 7.37. The largest absolute Gasteiger partial charge is 0.354 e.